The van der Waals surface area contributed by atoms with Crippen LogP contribution in [0.15, 0.2) is 12.2 Å². The van der Waals surface area contributed by atoms with E-state index in [1.165, 1.54) is 0 Å². The van der Waals surface area contributed by atoms with Gasteiger partial charge in [0.1, 0.15) is 12.6 Å². The summed E-state index contributed by atoms with van der Waals surface area (Å²) >= 11 is 0. The number of hydrogen-bond acceptors (Lipinski definition) is 6. The van der Waals surface area contributed by atoms with Crippen LogP contribution in [0.5, 0.6) is 0 Å². The average molecular weight is 266 g/mol. The smallest absolute Gasteiger partial charge is 0.344 e. The van der Waals surface area contributed by atoms with Crippen LogP contribution in [-0.2, 0) is 28.8 Å². The monoisotopic (exact) mass is 266 g/mol. The summed E-state index contributed by atoms with van der Waals surface area (Å²) in [5.41, 5.74) is 0. The highest BCUT2D eigenvalue weighted by molar-refractivity contribution is 6.14. The fraction of sp³-hybridized carbons (Fsp3) is 0.455. The van der Waals surface area contributed by atoms with Gasteiger partial charge in [-0.1, -0.05) is 0 Å². The Balaban J connectivity index is 1.58. The molecule has 0 aliphatic carbocycles. The molecule has 0 bridgehead atoms. The molecule has 8 nitrogen and oxygen atoms in total. The van der Waals surface area contributed by atoms with Gasteiger partial charge in [-0.05, 0) is 6.42 Å². The van der Waals surface area contributed by atoms with E-state index in [1.54, 1.807) is 0 Å². The van der Waals surface area contributed by atoms with E-state index in [9.17, 15) is 19.2 Å². The maximum atomic E-state index is 11.6. The predicted molar refractivity (Wildman–Crippen MR) is 56.7 cm³/mol. The van der Waals surface area contributed by atoms with Gasteiger partial charge in [0.25, 0.3) is 17.7 Å². The van der Waals surface area contributed by atoms with Crippen molar-refractivity contribution in [3.05, 3.63) is 12.2 Å². The Labute approximate surface area is 107 Å². The van der Waals surface area contributed by atoms with Crippen molar-refractivity contribution in [1.29, 1.82) is 0 Å². The Morgan fingerprint density at radius 3 is 2.68 bits per heavy atom. The van der Waals surface area contributed by atoms with Gasteiger partial charge in [-0.2, -0.15) is 0 Å². The molecule has 0 saturated carbocycles. The topological polar surface area (TPSA) is 96.5 Å². The Bertz CT molecular complexity index is 495. The number of amides is 3. The zero-order valence-electron chi connectivity index (χ0n) is 9.77. The zero-order valence-corrected chi connectivity index (χ0v) is 9.77. The van der Waals surface area contributed by atoms with Crippen LogP contribution in [0.4, 0.5) is 0 Å². The molecule has 2 atom stereocenters. The molecule has 19 heavy (non-hydrogen) atoms. The Morgan fingerprint density at radius 2 is 2.00 bits per heavy atom. The fourth-order valence-electron chi connectivity index (χ4n) is 2.03. The molecule has 0 aromatic carbocycles. The van der Waals surface area contributed by atoms with Crippen molar-refractivity contribution in [3.8, 4) is 0 Å². The van der Waals surface area contributed by atoms with Gasteiger partial charge in [-0.3, -0.25) is 19.3 Å². The van der Waals surface area contributed by atoms with Gasteiger partial charge < -0.3 is 9.57 Å². The van der Waals surface area contributed by atoms with Crippen molar-refractivity contribution in [2.75, 3.05) is 6.54 Å². The van der Waals surface area contributed by atoms with Gasteiger partial charge in [0.2, 0.25) is 0 Å². The van der Waals surface area contributed by atoms with E-state index >= 15 is 0 Å². The number of hydrogen-bond donors (Lipinski definition) is 0. The summed E-state index contributed by atoms with van der Waals surface area (Å²) in [6.07, 6.45) is 2.40. The molecule has 2 saturated heterocycles. The van der Waals surface area contributed by atoms with Gasteiger partial charge >= 0.3 is 5.97 Å². The van der Waals surface area contributed by atoms with Crippen molar-refractivity contribution in [1.82, 2.24) is 9.96 Å². The lowest BCUT2D eigenvalue weighted by molar-refractivity contribution is -0.208. The van der Waals surface area contributed by atoms with Crippen LogP contribution in [0, 0.1) is 0 Å². The first-order chi connectivity index (χ1) is 9.06. The Hall–Kier alpha value is -2.22. The minimum atomic E-state index is -0.852. The van der Waals surface area contributed by atoms with Crippen molar-refractivity contribution < 1.29 is 28.8 Å². The molecule has 0 aromatic heterocycles. The number of nitrogens with zero attached hydrogens (tertiary/aromatic N) is 2. The molecule has 3 heterocycles. The lowest BCUT2D eigenvalue weighted by Gasteiger charge is -2.22. The lowest BCUT2D eigenvalue weighted by atomic mass is 10.1. The van der Waals surface area contributed by atoms with Crippen LogP contribution in [0.1, 0.15) is 12.8 Å². The quantitative estimate of drug-likeness (QED) is 0.466. The van der Waals surface area contributed by atoms with Gasteiger partial charge in [-0.15, -0.1) is 5.06 Å². The van der Waals surface area contributed by atoms with Crippen LogP contribution in [0.25, 0.3) is 0 Å². The fourth-order valence-corrected chi connectivity index (χ4v) is 2.03. The first-order valence-corrected chi connectivity index (χ1v) is 5.78. The van der Waals surface area contributed by atoms with Crippen LogP contribution in [-0.4, -0.2) is 52.5 Å². The van der Waals surface area contributed by atoms with E-state index in [2.05, 4.69) is 0 Å². The summed E-state index contributed by atoms with van der Waals surface area (Å²) in [6, 6.07) is 0. The average Bonchev–Trinajstić information content (AvgIpc) is 3.10. The second-order valence-electron chi connectivity index (χ2n) is 4.38. The number of ether oxygens (including phenoxy) is 1. The van der Waals surface area contributed by atoms with Crippen molar-refractivity contribution in [2.24, 2.45) is 0 Å². The number of piperidine rings is 1. The molecule has 3 rings (SSSR count). The standard InChI is InChI=1S/C11H10N2O6/c14-7-3-4-8(15)12(7)5-10(17)19-13-9(16)2-1-6-11(13)18-6/h3-4,6,11H,1-2,5H2. The van der Waals surface area contributed by atoms with Gasteiger partial charge in [0, 0.05) is 18.6 Å². The van der Waals surface area contributed by atoms with Crippen LogP contribution >= 0.6 is 0 Å². The maximum Gasteiger partial charge on any atom is 0.352 e. The van der Waals surface area contributed by atoms with Crippen molar-refractivity contribution >= 4 is 23.7 Å². The normalized spacial score (nSPS) is 28.7. The third kappa shape index (κ3) is 2.10. The summed E-state index contributed by atoms with van der Waals surface area (Å²) in [7, 11) is 0. The van der Waals surface area contributed by atoms with E-state index in [4.69, 9.17) is 9.57 Å². The minimum Gasteiger partial charge on any atom is -0.344 e. The van der Waals surface area contributed by atoms with Gasteiger partial charge in [0.15, 0.2) is 6.23 Å². The highest BCUT2D eigenvalue weighted by Crippen LogP contribution is 2.35. The molecule has 3 aliphatic heterocycles. The Kier molecular flexibility index (Phi) is 2.59. The van der Waals surface area contributed by atoms with E-state index in [0.717, 1.165) is 22.1 Å². The molecule has 0 radical (unpaired) electrons. The molecule has 0 spiro atoms. The number of imide groups is 1. The minimum absolute atomic E-state index is 0.0813. The van der Waals surface area contributed by atoms with E-state index in [-0.39, 0.29) is 18.4 Å². The van der Waals surface area contributed by atoms with Gasteiger partial charge in [-0.25, -0.2) is 4.79 Å². The summed E-state index contributed by atoms with van der Waals surface area (Å²) < 4.78 is 5.14. The van der Waals surface area contributed by atoms with E-state index in [1.807, 2.05) is 0 Å². The number of hydroxylamine groups is 2. The summed E-state index contributed by atoms with van der Waals surface area (Å²) in [5.74, 6) is -2.35. The predicted octanol–water partition coefficient (Wildman–Crippen LogP) is -1.28. The largest absolute Gasteiger partial charge is 0.352 e. The number of carbonyl (C=O) groups is 4. The van der Waals surface area contributed by atoms with Crippen molar-refractivity contribution in [3.63, 3.8) is 0 Å². The Morgan fingerprint density at radius 1 is 1.32 bits per heavy atom. The second kappa shape index (κ2) is 4.16. The molecule has 2 unspecified atom stereocenters. The number of fused-ring (bicyclic) bond motifs is 1. The highest BCUT2D eigenvalue weighted by atomic mass is 16.8. The molecule has 8 heteroatoms. The second-order valence-corrected chi connectivity index (χ2v) is 4.38. The summed E-state index contributed by atoms with van der Waals surface area (Å²) in [4.78, 5) is 51.3. The van der Waals surface area contributed by atoms with E-state index in [0.29, 0.717) is 6.42 Å². The molecule has 3 amide bonds. The number of epoxide rings is 1. The third-order valence-electron chi connectivity index (χ3n) is 3.06. The number of carbonyl (C=O) groups excluding carboxylic acids is 4. The SMILES string of the molecule is O=C(CN1C(=O)C=CC1=O)ON1C(=O)CCC2OC21. The van der Waals surface area contributed by atoms with Crippen LogP contribution in [0.3, 0.4) is 0 Å². The van der Waals surface area contributed by atoms with Crippen LogP contribution in [0.2, 0.25) is 0 Å². The van der Waals surface area contributed by atoms with Crippen molar-refractivity contribution in [2.45, 2.75) is 25.2 Å². The molecule has 3 aliphatic rings. The summed E-state index contributed by atoms with van der Waals surface area (Å²) in [5, 5.41) is 0.884. The third-order valence-corrected chi connectivity index (χ3v) is 3.06. The van der Waals surface area contributed by atoms with Gasteiger partial charge in [0.05, 0.1) is 0 Å². The summed E-state index contributed by atoms with van der Waals surface area (Å²) in [6.45, 7) is -0.522. The van der Waals surface area contributed by atoms with Crippen LogP contribution < -0.4 is 0 Å². The lowest BCUT2D eigenvalue weighted by Crippen LogP contribution is -2.43. The maximum absolute atomic E-state index is 11.6. The van der Waals surface area contributed by atoms with E-state index < -0.39 is 30.6 Å². The zero-order chi connectivity index (χ0) is 13.6. The molecular formula is C11H10N2O6. The molecule has 100 valence electrons. The molecule has 0 aromatic rings. The first-order valence-electron chi connectivity index (χ1n) is 5.78. The first kappa shape index (κ1) is 11.8. The highest BCUT2D eigenvalue weighted by Gasteiger charge is 2.52. The number of rotatable bonds is 3. The molecule has 0 N–H and O–H groups in total. The molecule has 2 fully saturated rings. The molecular weight excluding hydrogens is 256 g/mol.